The van der Waals surface area contributed by atoms with E-state index in [9.17, 15) is 19.6 Å². The van der Waals surface area contributed by atoms with Crippen LogP contribution in [0.15, 0.2) is 0 Å². The van der Waals surface area contributed by atoms with Gasteiger partial charge in [0.2, 0.25) is 18.2 Å². The first-order valence-corrected chi connectivity index (χ1v) is 6.96. The molecule has 7 heteroatoms. The number of nitrogens with one attached hydrogen (secondary N) is 1. The molecule has 0 radical (unpaired) electrons. The lowest BCUT2D eigenvalue weighted by molar-refractivity contribution is -0.155. The van der Waals surface area contributed by atoms with Gasteiger partial charge in [-0.25, -0.2) is 5.06 Å². The van der Waals surface area contributed by atoms with Crippen molar-refractivity contribution >= 4 is 18.2 Å². The second kappa shape index (κ2) is 7.97. The van der Waals surface area contributed by atoms with Crippen LogP contribution in [-0.2, 0) is 14.4 Å². The summed E-state index contributed by atoms with van der Waals surface area (Å²) in [6, 6.07) is -0.669. The van der Waals surface area contributed by atoms with Gasteiger partial charge in [0.05, 0.1) is 12.5 Å². The second-order valence-corrected chi connectivity index (χ2v) is 6.37. The molecule has 0 aromatic rings. The smallest absolute Gasteiger partial charge is 0.245 e. The second-order valence-electron chi connectivity index (χ2n) is 6.37. The van der Waals surface area contributed by atoms with Crippen LogP contribution in [0.1, 0.15) is 34.1 Å². The molecule has 0 aliphatic carbocycles. The van der Waals surface area contributed by atoms with Gasteiger partial charge in [-0.2, -0.15) is 0 Å². The Morgan fingerprint density at radius 3 is 2.14 bits per heavy atom. The largest absolute Gasteiger partial charge is 0.347 e. The standard InChI is InChI=1S/C14H27N3O4/c1-7-10(8-17(21)9-18)12(19)15-11(14(2,3)4)13(20)16(5)6/h9-11,21H,7-8H2,1-6H3,(H,15,19)/t10-,11-/m1/s1. The maximum absolute atomic E-state index is 12.3. The Labute approximate surface area is 126 Å². The lowest BCUT2D eigenvalue weighted by atomic mass is 9.85. The van der Waals surface area contributed by atoms with E-state index in [0.29, 0.717) is 11.5 Å². The number of rotatable bonds is 7. The fourth-order valence-electron chi connectivity index (χ4n) is 1.83. The summed E-state index contributed by atoms with van der Waals surface area (Å²) in [5.41, 5.74) is -0.446. The van der Waals surface area contributed by atoms with Crippen molar-refractivity contribution in [2.24, 2.45) is 11.3 Å². The van der Waals surface area contributed by atoms with Gasteiger partial charge in [-0.3, -0.25) is 19.6 Å². The van der Waals surface area contributed by atoms with E-state index in [0.717, 1.165) is 0 Å². The quantitative estimate of drug-likeness (QED) is 0.406. The summed E-state index contributed by atoms with van der Waals surface area (Å²) in [5.74, 6) is -1.12. The van der Waals surface area contributed by atoms with E-state index in [-0.39, 0.29) is 24.8 Å². The Kier molecular flexibility index (Phi) is 7.35. The first-order chi connectivity index (χ1) is 9.54. The number of likely N-dealkylation sites (N-methyl/N-ethyl adjacent to an activating group) is 1. The highest BCUT2D eigenvalue weighted by Gasteiger charge is 2.35. The Balaban J connectivity index is 5.03. The molecular weight excluding hydrogens is 274 g/mol. The van der Waals surface area contributed by atoms with E-state index in [4.69, 9.17) is 0 Å². The molecule has 0 fully saturated rings. The topological polar surface area (TPSA) is 90.0 Å². The minimum Gasteiger partial charge on any atom is -0.347 e. The molecule has 0 aromatic heterocycles. The Hall–Kier alpha value is -1.63. The number of carbonyl (C=O) groups excluding carboxylic acids is 3. The third-order valence-corrected chi connectivity index (χ3v) is 3.23. The highest BCUT2D eigenvalue weighted by molar-refractivity contribution is 5.89. The van der Waals surface area contributed by atoms with Crippen molar-refractivity contribution < 1.29 is 19.6 Å². The van der Waals surface area contributed by atoms with Crippen LogP contribution >= 0.6 is 0 Å². The van der Waals surface area contributed by atoms with Crippen molar-refractivity contribution in [1.29, 1.82) is 0 Å². The van der Waals surface area contributed by atoms with E-state index in [1.54, 1.807) is 21.0 Å². The summed E-state index contributed by atoms with van der Waals surface area (Å²) >= 11 is 0. The lowest BCUT2D eigenvalue weighted by Gasteiger charge is -2.33. The molecule has 0 spiro atoms. The van der Waals surface area contributed by atoms with Gasteiger partial charge >= 0.3 is 0 Å². The minimum absolute atomic E-state index is 0.0984. The Morgan fingerprint density at radius 1 is 1.29 bits per heavy atom. The zero-order chi connectivity index (χ0) is 16.8. The fraction of sp³-hybridized carbons (Fsp3) is 0.786. The van der Waals surface area contributed by atoms with Gasteiger partial charge in [-0.1, -0.05) is 27.7 Å². The average Bonchev–Trinajstić information content (AvgIpc) is 2.39. The van der Waals surface area contributed by atoms with Gasteiger partial charge in [-0.05, 0) is 11.8 Å². The molecule has 3 amide bonds. The van der Waals surface area contributed by atoms with Crippen molar-refractivity contribution in [1.82, 2.24) is 15.3 Å². The summed E-state index contributed by atoms with van der Waals surface area (Å²) in [6.45, 7) is 7.28. The average molecular weight is 301 g/mol. The number of hydrogen-bond acceptors (Lipinski definition) is 4. The van der Waals surface area contributed by atoms with Crippen LogP contribution in [-0.4, -0.2) is 60.1 Å². The van der Waals surface area contributed by atoms with E-state index < -0.39 is 17.4 Å². The zero-order valence-corrected chi connectivity index (χ0v) is 13.7. The molecule has 0 heterocycles. The monoisotopic (exact) mass is 301 g/mol. The first-order valence-electron chi connectivity index (χ1n) is 6.96. The van der Waals surface area contributed by atoms with Gasteiger partial charge < -0.3 is 10.2 Å². The van der Waals surface area contributed by atoms with Gasteiger partial charge in [0, 0.05) is 14.1 Å². The van der Waals surface area contributed by atoms with Gasteiger partial charge in [0.1, 0.15) is 6.04 Å². The highest BCUT2D eigenvalue weighted by Crippen LogP contribution is 2.21. The van der Waals surface area contributed by atoms with Crippen LogP contribution in [0, 0.1) is 11.3 Å². The summed E-state index contributed by atoms with van der Waals surface area (Å²) < 4.78 is 0. The maximum atomic E-state index is 12.3. The number of hydrogen-bond donors (Lipinski definition) is 2. The molecule has 2 atom stereocenters. The lowest BCUT2D eigenvalue weighted by Crippen LogP contribution is -2.55. The number of amides is 3. The van der Waals surface area contributed by atoms with Crippen LogP contribution in [0.4, 0.5) is 0 Å². The summed E-state index contributed by atoms with van der Waals surface area (Å²) in [4.78, 5) is 36.4. The molecule has 0 saturated carbocycles. The third kappa shape index (κ3) is 6.12. The molecule has 0 aromatic carbocycles. The zero-order valence-electron chi connectivity index (χ0n) is 13.7. The van der Waals surface area contributed by atoms with Crippen LogP contribution in [0.25, 0.3) is 0 Å². The molecule has 0 bridgehead atoms. The Bertz CT molecular complexity index is 377. The molecule has 0 aliphatic heterocycles. The number of nitrogens with zero attached hydrogens (tertiary/aromatic N) is 2. The van der Waals surface area contributed by atoms with Gasteiger partial charge in [0.15, 0.2) is 0 Å². The van der Waals surface area contributed by atoms with E-state index in [2.05, 4.69) is 5.32 Å². The summed E-state index contributed by atoms with van der Waals surface area (Å²) in [7, 11) is 3.26. The van der Waals surface area contributed by atoms with Crippen molar-refractivity contribution in [3.05, 3.63) is 0 Å². The summed E-state index contributed by atoms with van der Waals surface area (Å²) in [5, 5.41) is 12.4. The van der Waals surface area contributed by atoms with Crippen molar-refractivity contribution in [2.45, 2.75) is 40.2 Å². The first kappa shape index (κ1) is 19.4. The van der Waals surface area contributed by atoms with Crippen LogP contribution in [0.2, 0.25) is 0 Å². The van der Waals surface area contributed by atoms with Crippen LogP contribution < -0.4 is 5.32 Å². The SMILES string of the molecule is CC[C@H](CN(O)C=O)C(=O)N[C@H](C(=O)N(C)C)C(C)(C)C. The minimum atomic E-state index is -0.669. The van der Waals surface area contributed by atoms with Crippen molar-refractivity contribution in [2.75, 3.05) is 20.6 Å². The molecular formula is C14H27N3O4. The van der Waals surface area contributed by atoms with Crippen molar-refractivity contribution in [3.8, 4) is 0 Å². The normalized spacial score (nSPS) is 14.0. The predicted octanol–water partition coefficient (Wildman–Crippen LogP) is 0.479. The summed E-state index contributed by atoms with van der Waals surface area (Å²) in [6.07, 6.45) is 0.700. The fourth-order valence-corrected chi connectivity index (χ4v) is 1.83. The van der Waals surface area contributed by atoms with E-state index in [1.807, 2.05) is 20.8 Å². The molecule has 0 aliphatic rings. The van der Waals surface area contributed by atoms with Crippen LogP contribution in [0.3, 0.4) is 0 Å². The van der Waals surface area contributed by atoms with Gasteiger partial charge in [0.25, 0.3) is 0 Å². The molecule has 0 unspecified atom stereocenters. The van der Waals surface area contributed by atoms with E-state index in [1.165, 1.54) is 4.90 Å². The molecule has 0 rings (SSSR count). The molecule has 2 N–H and O–H groups in total. The maximum Gasteiger partial charge on any atom is 0.245 e. The van der Waals surface area contributed by atoms with E-state index >= 15 is 0 Å². The van der Waals surface area contributed by atoms with Crippen molar-refractivity contribution in [3.63, 3.8) is 0 Å². The predicted molar refractivity (Wildman–Crippen MR) is 78.4 cm³/mol. The Morgan fingerprint density at radius 2 is 1.81 bits per heavy atom. The van der Waals surface area contributed by atoms with Gasteiger partial charge in [-0.15, -0.1) is 0 Å². The molecule has 0 saturated heterocycles. The number of hydroxylamine groups is 2. The van der Waals surface area contributed by atoms with Crippen LogP contribution in [0.5, 0.6) is 0 Å². The third-order valence-electron chi connectivity index (χ3n) is 3.23. The number of carbonyl (C=O) groups is 3. The molecule has 7 nitrogen and oxygen atoms in total. The molecule has 21 heavy (non-hydrogen) atoms. The molecule has 122 valence electrons. The highest BCUT2D eigenvalue weighted by atomic mass is 16.5.